The number of ether oxygens (including phenoxy) is 2. The van der Waals surface area contributed by atoms with Gasteiger partial charge in [-0.25, -0.2) is 5.01 Å². The van der Waals surface area contributed by atoms with Gasteiger partial charge in [0.25, 0.3) is 0 Å². The largest absolute Gasteiger partial charge is 0.493 e. The Morgan fingerprint density at radius 2 is 1.89 bits per heavy atom. The summed E-state index contributed by atoms with van der Waals surface area (Å²) in [5, 5.41) is 18.6. The molecule has 0 aromatic heterocycles. The zero-order valence-electron chi connectivity index (χ0n) is 22.2. The number of likely N-dealkylation sites (tertiary alicyclic amines) is 1. The third kappa shape index (κ3) is 7.72. The second-order valence-corrected chi connectivity index (χ2v) is 10.7. The molecule has 2 aliphatic rings. The summed E-state index contributed by atoms with van der Waals surface area (Å²) >= 11 is 1.22. The van der Waals surface area contributed by atoms with Crippen LogP contribution in [0.4, 0.5) is 10.5 Å². The lowest BCUT2D eigenvalue weighted by Gasteiger charge is -2.29. The van der Waals surface area contributed by atoms with E-state index in [-0.39, 0.29) is 23.4 Å². The number of amides is 2. The first-order valence-corrected chi connectivity index (χ1v) is 14.0. The quantitative estimate of drug-likeness (QED) is 0.462. The summed E-state index contributed by atoms with van der Waals surface area (Å²) in [6.07, 6.45) is 1.72. The normalized spacial score (nSPS) is 16.9. The highest BCUT2D eigenvalue weighted by Gasteiger charge is 2.23. The molecule has 2 amide bonds. The van der Waals surface area contributed by atoms with Crippen molar-refractivity contribution in [1.29, 1.82) is 0 Å². The van der Waals surface area contributed by atoms with Gasteiger partial charge in [0, 0.05) is 43.1 Å². The lowest BCUT2D eigenvalue weighted by atomic mass is 10.1. The van der Waals surface area contributed by atoms with Crippen molar-refractivity contribution in [2.45, 2.75) is 51.9 Å². The van der Waals surface area contributed by atoms with Crippen LogP contribution in [-0.4, -0.2) is 76.6 Å². The SMILES string of the molecule is COc1ccc(C2=NN(Cc3ccc(NC(=O)CCN4CCC(O)CC4)cc3)C(=O)SC2)cc1OC(C)C. The molecule has 204 valence electrons. The van der Waals surface area contributed by atoms with E-state index in [2.05, 4.69) is 15.3 Å². The van der Waals surface area contributed by atoms with Crippen LogP contribution in [0.1, 0.15) is 44.2 Å². The number of methoxy groups -OCH3 is 1. The number of benzene rings is 2. The summed E-state index contributed by atoms with van der Waals surface area (Å²) in [6, 6.07) is 13.1. The Bertz CT molecular complexity index is 1150. The monoisotopic (exact) mass is 540 g/mol. The van der Waals surface area contributed by atoms with Crippen molar-refractivity contribution in [2.75, 3.05) is 37.8 Å². The number of hydrogen-bond acceptors (Lipinski definition) is 8. The Morgan fingerprint density at radius 1 is 1.16 bits per heavy atom. The van der Waals surface area contributed by atoms with E-state index in [1.807, 2.05) is 56.3 Å². The summed E-state index contributed by atoms with van der Waals surface area (Å²) < 4.78 is 11.3. The van der Waals surface area contributed by atoms with Gasteiger partial charge in [-0.1, -0.05) is 23.9 Å². The van der Waals surface area contributed by atoms with E-state index in [0.29, 0.717) is 42.4 Å². The number of hydrazone groups is 1. The minimum Gasteiger partial charge on any atom is -0.493 e. The van der Waals surface area contributed by atoms with E-state index in [0.717, 1.165) is 42.8 Å². The topological polar surface area (TPSA) is 104 Å². The van der Waals surface area contributed by atoms with Crippen LogP contribution in [0.2, 0.25) is 0 Å². The number of nitrogens with zero attached hydrogens (tertiary/aromatic N) is 3. The van der Waals surface area contributed by atoms with Crippen LogP contribution in [0.15, 0.2) is 47.6 Å². The van der Waals surface area contributed by atoms with Gasteiger partial charge in [-0.2, -0.15) is 5.10 Å². The highest BCUT2D eigenvalue weighted by Crippen LogP contribution is 2.31. The Balaban J connectivity index is 1.35. The number of aliphatic hydroxyl groups is 1. The molecule has 38 heavy (non-hydrogen) atoms. The molecular weight excluding hydrogens is 504 g/mol. The van der Waals surface area contributed by atoms with Crippen molar-refractivity contribution in [2.24, 2.45) is 5.10 Å². The van der Waals surface area contributed by atoms with Crippen molar-refractivity contribution < 1.29 is 24.2 Å². The molecular formula is C28H36N4O5S. The number of carbonyl (C=O) groups excluding carboxylic acids is 2. The molecule has 9 nitrogen and oxygen atoms in total. The van der Waals surface area contributed by atoms with Crippen molar-refractivity contribution in [3.05, 3.63) is 53.6 Å². The minimum absolute atomic E-state index is 0.00249. The van der Waals surface area contributed by atoms with Crippen LogP contribution in [-0.2, 0) is 11.3 Å². The molecule has 10 heteroatoms. The highest BCUT2D eigenvalue weighted by atomic mass is 32.2. The fourth-order valence-electron chi connectivity index (χ4n) is 4.36. The molecule has 2 N–H and O–H groups in total. The van der Waals surface area contributed by atoms with Gasteiger partial charge in [0.2, 0.25) is 5.91 Å². The first-order valence-electron chi connectivity index (χ1n) is 13.0. The molecule has 2 aromatic rings. The minimum atomic E-state index is -0.214. The lowest BCUT2D eigenvalue weighted by Crippen LogP contribution is -2.37. The van der Waals surface area contributed by atoms with Gasteiger partial charge in [-0.05, 0) is 62.6 Å². The summed E-state index contributed by atoms with van der Waals surface area (Å²) in [5.41, 5.74) is 3.29. The lowest BCUT2D eigenvalue weighted by molar-refractivity contribution is -0.116. The second kappa shape index (κ2) is 13.1. The summed E-state index contributed by atoms with van der Waals surface area (Å²) in [4.78, 5) is 27.2. The van der Waals surface area contributed by atoms with Crippen LogP contribution < -0.4 is 14.8 Å². The van der Waals surface area contributed by atoms with Gasteiger partial charge in [0.15, 0.2) is 11.5 Å². The number of aliphatic hydroxyl groups excluding tert-OH is 1. The Morgan fingerprint density at radius 3 is 2.58 bits per heavy atom. The van der Waals surface area contributed by atoms with E-state index >= 15 is 0 Å². The maximum absolute atomic E-state index is 12.6. The average molecular weight is 541 g/mol. The molecule has 0 radical (unpaired) electrons. The predicted molar refractivity (Wildman–Crippen MR) is 150 cm³/mol. The van der Waals surface area contributed by atoms with Gasteiger partial charge < -0.3 is 24.8 Å². The number of anilines is 1. The Hall–Kier alpha value is -3.08. The van der Waals surface area contributed by atoms with E-state index < -0.39 is 0 Å². The van der Waals surface area contributed by atoms with Crippen molar-refractivity contribution >= 4 is 34.3 Å². The van der Waals surface area contributed by atoms with Crippen LogP contribution >= 0.6 is 11.8 Å². The van der Waals surface area contributed by atoms with Crippen LogP contribution in [0.25, 0.3) is 0 Å². The van der Waals surface area contributed by atoms with Crippen LogP contribution in [0.3, 0.4) is 0 Å². The third-order valence-electron chi connectivity index (χ3n) is 6.43. The molecule has 0 aliphatic carbocycles. The second-order valence-electron chi connectivity index (χ2n) is 9.76. The molecule has 4 rings (SSSR count). The molecule has 0 bridgehead atoms. The van der Waals surface area contributed by atoms with Crippen molar-refractivity contribution in [1.82, 2.24) is 9.91 Å². The molecule has 1 fully saturated rings. The number of hydrogen-bond donors (Lipinski definition) is 2. The highest BCUT2D eigenvalue weighted by molar-refractivity contribution is 8.14. The molecule has 2 aliphatic heterocycles. The zero-order valence-corrected chi connectivity index (χ0v) is 23.0. The van der Waals surface area contributed by atoms with Gasteiger partial charge in [0.1, 0.15) is 0 Å². The number of piperidine rings is 1. The molecule has 1 saturated heterocycles. The molecule has 2 heterocycles. The molecule has 2 aromatic carbocycles. The van der Waals surface area contributed by atoms with Gasteiger partial charge in [-0.3, -0.25) is 9.59 Å². The summed E-state index contributed by atoms with van der Waals surface area (Å²) in [5.74, 6) is 1.73. The van der Waals surface area contributed by atoms with E-state index in [4.69, 9.17) is 9.47 Å². The van der Waals surface area contributed by atoms with Gasteiger partial charge >= 0.3 is 5.24 Å². The van der Waals surface area contributed by atoms with Crippen molar-refractivity contribution in [3.8, 4) is 11.5 Å². The molecule has 0 spiro atoms. The first kappa shape index (κ1) is 27.9. The predicted octanol–water partition coefficient (Wildman–Crippen LogP) is 4.34. The van der Waals surface area contributed by atoms with Crippen LogP contribution in [0, 0.1) is 0 Å². The molecule has 0 unspecified atom stereocenters. The van der Waals surface area contributed by atoms with E-state index in [9.17, 15) is 14.7 Å². The van der Waals surface area contributed by atoms with Gasteiger partial charge in [-0.15, -0.1) is 0 Å². The smallest absolute Gasteiger partial charge is 0.302 e. The fraction of sp³-hybridized carbons (Fsp3) is 0.464. The number of carbonyl (C=O) groups is 2. The Kier molecular flexibility index (Phi) is 9.65. The zero-order chi connectivity index (χ0) is 27.1. The molecule has 0 atom stereocenters. The van der Waals surface area contributed by atoms with Crippen molar-refractivity contribution in [3.63, 3.8) is 0 Å². The van der Waals surface area contributed by atoms with Gasteiger partial charge in [0.05, 0.1) is 31.6 Å². The molecule has 0 saturated carbocycles. The third-order valence-corrected chi connectivity index (χ3v) is 7.30. The van der Waals surface area contributed by atoms with E-state index in [1.54, 1.807) is 7.11 Å². The summed E-state index contributed by atoms with van der Waals surface area (Å²) in [6.45, 7) is 6.58. The first-order chi connectivity index (χ1) is 18.3. The Labute approximate surface area is 228 Å². The number of rotatable bonds is 10. The summed E-state index contributed by atoms with van der Waals surface area (Å²) in [7, 11) is 1.61. The standard InChI is InChI=1S/C28H36N4O5S/c1-19(2)37-26-16-21(6-9-25(26)36-3)24-18-38-28(35)32(30-24)17-20-4-7-22(8-5-20)29-27(34)12-15-31-13-10-23(33)11-14-31/h4-9,16,19,23,33H,10-15,17-18H2,1-3H3,(H,29,34). The van der Waals surface area contributed by atoms with Crippen LogP contribution in [0.5, 0.6) is 11.5 Å². The van der Waals surface area contributed by atoms with E-state index in [1.165, 1.54) is 16.8 Å². The average Bonchev–Trinajstić information content (AvgIpc) is 2.90. The fourth-order valence-corrected chi connectivity index (χ4v) is 5.09. The maximum Gasteiger partial charge on any atom is 0.302 e. The number of nitrogens with one attached hydrogen (secondary N) is 1. The number of thioether (sulfide) groups is 1. The maximum atomic E-state index is 12.6.